The summed E-state index contributed by atoms with van der Waals surface area (Å²) in [7, 11) is 0. The van der Waals surface area contributed by atoms with Crippen LogP contribution in [0.15, 0.2) is 53.4 Å². The highest BCUT2D eigenvalue weighted by Gasteiger charge is 2.13. The minimum absolute atomic E-state index is 0.152. The molecule has 0 bridgehead atoms. The number of aromatic amines is 1. The molecule has 0 spiro atoms. The van der Waals surface area contributed by atoms with Crippen molar-refractivity contribution in [3.05, 3.63) is 60.4 Å². The van der Waals surface area contributed by atoms with Gasteiger partial charge in [-0.15, -0.1) is 0 Å². The van der Waals surface area contributed by atoms with Crippen molar-refractivity contribution in [3.8, 4) is 11.6 Å². The predicted molar refractivity (Wildman–Crippen MR) is 99.0 cm³/mol. The number of carbonyl (C=O) groups excluding carboxylic acids is 1. The Bertz CT molecular complexity index is 1020. The van der Waals surface area contributed by atoms with Gasteiger partial charge in [0.25, 0.3) is 0 Å². The maximum absolute atomic E-state index is 12.3. The van der Waals surface area contributed by atoms with Crippen molar-refractivity contribution >= 4 is 11.7 Å². The van der Waals surface area contributed by atoms with Crippen LogP contribution in [-0.4, -0.2) is 41.0 Å². The van der Waals surface area contributed by atoms with Crippen molar-refractivity contribution in [2.24, 2.45) is 0 Å². The van der Waals surface area contributed by atoms with E-state index in [1.807, 2.05) is 18.2 Å². The Balaban J connectivity index is 1.29. The molecule has 0 atom stereocenters. The molecule has 3 heterocycles. The smallest absolute Gasteiger partial charge is 0.239 e. The lowest BCUT2D eigenvalue weighted by Crippen LogP contribution is -2.16. The van der Waals surface area contributed by atoms with Crippen LogP contribution in [0.2, 0.25) is 0 Å². The van der Waals surface area contributed by atoms with E-state index in [1.165, 1.54) is 11.9 Å². The average molecular weight is 378 g/mol. The number of benzene rings is 1. The Morgan fingerprint density at radius 3 is 2.89 bits per heavy atom. The van der Waals surface area contributed by atoms with E-state index in [-0.39, 0.29) is 12.3 Å². The van der Waals surface area contributed by atoms with Crippen LogP contribution in [0.1, 0.15) is 17.9 Å². The fraction of sp³-hybridized carbons (Fsp3) is 0.222. The first-order valence-corrected chi connectivity index (χ1v) is 8.82. The van der Waals surface area contributed by atoms with Gasteiger partial charge in [0.15, 0.2) is 5.82 Å². The standard InChI is InChI=1S/C18H18N8O2/c27-15(6-7-16-23-18(25-28-16)17-19-12-20-24-17)22-14-8-10-21-26(14)11-9-13-4-2-1-3-5-13/h1-5,8,10,12H,6-7,9,11H2,(H,22,27)(H,19,20,24). The quantitative estimate of drug-likeness (QED) is 0.479. The van der Waals surface area contributed by atoms with Gasteiger partial charge in [-0.05, 0) is 12.0 Å². The van der Waals surface area contributed by atoms with Crippen LogP contribution in [-0.2, 0) is 24.2 Å². The van der Waals surface area contributed by atoms with Crippen LogP contribution >= 0.6 is 0 Å². The largest absolute Gasteiger partial charge is 0.339 e. The Morgan fingerprint density at radius 2 is 2.07 bits per heavy atom. The zero-order chi connectivity index (χ0) is 19.2. The van der Waals surface area contributed by atoms with Gasteiger partial charge in [-0.25, -0.2) is 9.67 Å². The van der Waals surface area contributed by atoms with E-state index in [0.717, 1.165) is 6.42 Å². The molecule has 0 aliphatic heterocycles. The number of rotatable bonds is 8. The fourth-order valence-corrected chi connectivity index (χ4v) is 2.69. The molecule has 10 heteroatoms. The predicted octanol–water partition coefficient (Wildman–Crippen LogP) is 1.87. The van der Waals surface area contributed by atoms with Crippen molar-refractivity contribution in [2.45, 2.75) is 25.8 Å². The van der Waals surface area contributed by atoms with Crippen LogP contribution in [0.25, 0.3) is 11.6 Å². The van der Waals surface area contributed by atoms with Gasteiger partial charge in [0, 0.05) is 25.5 Å². The summed E-state index contributed by atoms with van der Waals surface area (Å²) in [5.41, 5.74) is 1.22. The first-order chi connectivity index (χ1) is 13.8. The third kappa shape index (κ3) is 4.29. The lowest BCUT2D eigenvalue weighted by atomic mass is 10.1. The van der Waals surface area contributed by atoms with E-state index in [1.54, 1.807) is 16.9 Å². The van der Waals surface area contributed by atoms with Gasteiger partial charge in [-0.3, -0.25) is 9.89 Å². The summed E-state index contributed by atoms with van der Waals surface area (Å²) in [5, 5.41) is 17.4. The number of hydrogen-bond acceptors (Lipinski definition) is 7. The molecule has 10 nitrogen and oxygen atoms in total. The maximum atomic E-state index is 12.3. The van der Waals surface area contributed by atoms with Crippen molar-refractivity contribution in [2.75, 3.05) is 5.32 Å². The number of carbonyl (C=O) groups is 1. The third-order valence-electron chi connectivity index (χ3n) is 4.10. The van der Waals surface area contributed by atoms with Gasteiger partial charge in [0.2, 0.25) is 17.6 Å². The average Bonchev–Trinajstić information content (AvgIpc) is 3.47. The van der Waals surface area contributed by atoms with E-state index in [0.29, 0.717) is 36.3 Å². The van der Waals surface area contributed by atoms with E-state index in [9.17, 15) is 4.79 Å². The molecule has 4 rings (SSSR count). The van der Waals surface area contributed by atoms with Gasteiger partial charge < -0.3 is 9.84 Å². The zero-order valence-electron chi connectivity index (χ0n) is 14.9. The maximum Gasteiger partial charge on any atom is 0.239 e. The van der Waals surface area contributed by atoms with Gasteiger partial charge >= 0.3 is 0 Å². The third-order valence-corrected chi connectivity index (χ3v) is 4.10. The Labute approximate surface area is 160 Å². The number of nitrogens with zero attached hydrogens (tertiary/aromatic N) is 6. The molecule has 28 heavy (non-hydrogen) atoms. The molecular formula is C18H18N8O2. The summed E-state index contributed by atoms with van der Waals surface area (Å²) in [4.78, 5) is 20.4. The summed E-state index contributed by atoms with van der Waals surface area (Å²) in [6, 6.07) is 11.9. The Kier molecular flexibility index (Phi) is 5.18. The molecule has 3 aromatic heterocycles. The Morgan fingerprint density at radius 1 is 1.18 bits per heavy atom. The van der Waals surface area contributed by atoms with Crippen LogP contribution in [0.3, 0.4) is 0 Å². The van der Waals surface area contributed by atoms with Crippen molar-refractivity contribution < 1.29 is 9.32 Å². The molecule has 1 amide bonds. The number of aryl methyl sites for hydroxylation is 3. The molecule has 0 fully saturated rings. The molecule has 2 N–H and O–H groups in total. The van der Waals surface area contributed by atoms with Crippen LogP contribution in [0, 0.1) is 0 Å². The molecule has 0 unspecified atom stereocenters. The first-order valence-electron chi connectivity index (χ1n) is 8.82. The highest BCUT2D eigenvalue weighted by molar-refractivity contribution is 5.89. The fourth-order valence-electron chi connectivity index (χ4n) is 2.69. The summed E-state index contributed by atoms with van der Waals surface area (Å²) in [6.07, 6.45) is 4.40. The number of amides is 1. The molecule has 0 saturated heterocycles. The number of nitrogens with one attached hydrogen (secondary N) is 2. The lowest BCUT2D eigenvalue weighted by Gasteiger charge is -2.08. The van der Waals surface area contributed by atoms with Gasteiger partial charge in [-0.2, -0.15) is 15.2 Å². The van der Waals surface area contributed by atoms with Gasteiger partial charge in [0.1, 0.15) is 12.1 Å². The van der Waals surface area contributed by atoms with E-state index in [4.69, 9.17) is 4.52 Å². The van der Waals surface area contributed by atoms with Crippen LogP contribution < -0.4 is 5.32 Å². The molecular weight excluding hydrogens is 360 g/mol. The second-order valence-electron chi connectivity index (χ2n) is 6.07. The first kappa shape index (κ1) is 17.6. The van der Waals surface area contributed by atoms with E-state index in [2.05, 4.69) is 47.9 Å². The number of hydrogen-bond donors (Lipinski definition) is 2. The minimum Gasteiger partial charge on any atom is -0.339 e. The summed E-state index contributed by atoms with van der Waals surface area (Å²) in [6.45, 7) is 0.677. The number of H-pyrrole nitrogens is 1. The summed E-state index contributed by atoms with van der Waals surface area (Å²) >= 11 is 0. The highest BCUT2D eigenvalue weighted by atomic mass is 16.5. The monoisotopic (exact) mass is 378 g/mol. The molecule has 0 aliphatic rings. The molecule has 0 saturated carbocycles. The van der Waals surface area contributed by atoms with Crippen molar-refractivity contribution in [1.29, 1.82) is 0 Å². The van der Waals surface area contributed by atoms with Crippen LogP contribution in [0.5, 0.6) is 0 Å². The lowest BCUT2D eigenvalue weighted by molar-refractivity contribution is -0.116. The topological polar surface area (TPSA) is 127 Å². The van der Waals surface area contributed by atoms with Crippen LogP contribution in [0.4, 0.5) is 5.82 Å². The minimum atomic E-state index is -0.152. The molecule has 4 aromatic rings. The van der Waals surface area contributed by atoms with Crippen molar-refractivity contribution in [1.82, 2.24) is 35.1 Å². The SMILES string of the molecule is O=C(CCc1nc(-c2ncn[nH]2)no1)Nc1ccnn1CCc1ccccc1. The highest BCUT2D eigenvalue weighted by Crippen LogP contribution is 2.12. The second-order valence-corrected chi connectivity index (χ2v) is 6.07. The van der Waals surface area contributed by atoms with Gasteiger partial charge in [0.05, 0.1) is 6.20 Å². The zero-order valence-corrected chi connectivity index (χ0v) is 14.9. The molecule has 142 valence electrons. The Hall–Kier alpha value is -3.82. The number of aromatic nitrogens is 7. The normalized spacial score (nSPS) is 10.9. The molecule has 1 aromatic carbocycles. The van der Waals surface area contributed by atoms with E-state index < -0.39 is 0 Å². The van der Waals surface area contributed by atoms with E-state index >= 15 is 0 Å². The molecule has 0 aliphatic carbocycles. The van der Waals surface area contributed by atoms with Gasteiger partial charge in [-0.1, -0.05) is 35.5 Å². The van der Waals surface area contributed by atoms with Crippen molar-refractivity contribution in [3.63, 3.8) is 0 Å². The summed E-state index contributed by atoms with van der Waals surface area (Å²) < 4.78 is 6.92. The second kappa shape index (κ2) is 8.25. The summed E-state index contributed by atoms with van der Waals surface area (Å²) in [5.74, 6) is 1.60. The number of anilines is 1. The molecule has 0 radical (unpaired) electrons.